The van der Waals surface area contributed by atoms with Crippen LogP contribution in [-0.4, -0.2) is 38.4 Å². The maximum atomic E-state index is 12.0. The number of carbonyl (C=O) groups excluding carboxylic acids is 1. The molecule has 0 aliphatic carbocycles. The number of nitrogens with zero attached hydrogens (tertiary/aromatic N) is 4. The normalized spacial score (nSPS) is 20.0. The molecule has 2 aromatic rings. The zero-order valence-corrected chi connectivity index (χ0v) is 11.8. The first-order valence-electron chi connectivity index (χ1n) is 5.46. The molecule has 3 rings (SSSR count). The Bertz CT molecular complexity index is 615. The molecule has 0 radical (unpaired) electrons. The number of rotatable bonds is 2. The average Bonchev–Trinajstić information content (AvgIpc) is 2.93. The van der Waals surface area contributed by atoms with Crippen LogP contribution in [0.4, 0.5) is 5.82 Å². The third-order valence-corrected chi connectivity index (χ3v) is 4.10. The van der Waals surface area contributed by atoms with Crippen LogP contribution in [0.1, 0.15) is 6.42 Å². The first kappa shape index (κ1) is 11.9. The Labute approximate surface area is 117 Å². The zero-order valence-electron chi connectivity index (χ0n) is 9.30. The molecule has 1 atom stereocenters. The monoisotopic (exact) mass is 327 g/mol. The number of halogens is 1. The highest BCUT2D eigenvalue weighted by molar-refractivity contribution is 9.10. The Balaban J connectivity index is 2.09. The van der Waals surface area contributed by atoms with Gasteiger partial charge in [0.15, 0.2) is 11.5 Å². The number of anilines is 1. The van der Waals surface area contributed by atoms with Crippen LogP contribution < -0.4 is 4.90 Å². The van der Waals surface area contributed by atoms with Crippen LogP contribution in [0, 0.1) is 5.92 Å². The largest absolute Gasteiger partial charge is 0.296 e. The fourth-order valence-electron chi connectivity index (χ4n) is 2.12. The minimum Gasteiger partial charge on any atom is -0.296 e. The lowest BCUT2D eigenvalue weighted by Crippen LogP contribution is -2.26. The first-order valence-corrected chi connectivity index (χ1v) is 6.89. The van der Waals surface area contributed by atoms with Gasteiger partial charge in [-0.25, -0.2) is 9.97 Å². The van der Waals surface area contributed by atoms with Crippen molar-refractivity contribution in [3.63, 3.8) is 0 Å². The van der Waals surface area contributed by atoms with Gasteiger partial charge in [-0.2, -0.15) is 17.7 Å². The Morgan fingerprint density at radius 2 is 2.39 bits per heavy atom. The fourth-order valence-corrected chi connectivity index (χ4v) is 2.81. The van der Waals surface area contributed by atoms with Gasteiger partial charge in [-0.05, 0) is 27.6 Å². The lowest BCUT2D eigenvalue weighted by atomic mass is 10.1. The lowest BCUT2D eigenvalue weighted by Gasteiger charge is -2.15. The zero-order chi connectivity index (χ0) is 12.7. The van der Waals surface area contributed by atoms with Gasteiger partial charge in [0.05, 0.1) is 5.39 Å². The SMILES string of the molecule is O=C1CC(CS)CN1c1ncnc2n[nH]c(Br)c12. The number of amides is 1. The first-order chi connectivity index (χ1) is 8.70. The van der Waals surface area contributed by atoms with E-state index in [0.29, 0.717) is 34.8 Å². The molecule has 1 aliphatic heterocycles. The Morgan fingerprint density at radius 1 is 1.56 bits per heavy atom. The molecule has 0 bridgehead atoms. The summed E-state index contributed by atoms with van der Waals surface area (Å²) in [6, 6.07) is 0. The molecule has 3 heterocycles. The van der Waals surface area contributed by atoms with Crippen LogP contribution in [0.2, 0.25) is 0 Å². The lowest BCUT2D eigenvalue weighted by molar-refractivity contribution is -0.117. The molecule has 18 heavy (non-hydrogen) atoms. The van der Waals surface area contributed by atoms with E-state index in [0.717, 1.165) is 5.39 Å². The van der Waals surface area contributed by atoms with Gasteiger partial charge in [0, 0.05) is 13.0 Å². The molecular formula is C10H10BrN5OS. The van der Waals surface area contributed by atoms with E-state index in [-0.39, 0.29) is 11.8 Å². The third kappa shape index (κ3) is 1.79. The molecule has 2 aromatic heterocycles. The van der Waals surface area contributed by atoms with E-state index in [1.165, 1.54) is 6.33 Å². The van der Waals surface area contributed by atoms with Crippen LogP contribution in [0.15, 0.2) is 10.9 Å². The summed E-state index contributed by atoms with van der Waals surface area (Å²) >= 11 is 7.62. The molecule has 0 aromatic carbocycles. The van der Waals surface area contributed by atoms with Crippen molar-refractivity contribution in [1.82, 2.24) is 20.2 Å². The van der Waals surface area contributed by atoms with Gasteiger partial charge >= 0.3 is 0 Å². The molecule has 1 fully saturated rings. The predicted molar refractivity (Wildman–Crippen MR) is 73.7 cm³/mol. The second kappa shape index (κ2) is 4.51. The minimum absolute atomic E-state index is 0.0714. The highest BCUT2D eigenvalue weighted by Gasteiger charge is 2.32. The Hall–Kier alpha value is -1.15. The van der Waals surface area contributed by atoms with Crippen molar-refractivity contribution < 1.29 is 4.79 Å². The van der Waals surface area contributed by atoms with E-state index in [4.69, 9.17) is 0 Å². The summed E-state index contributed by atoms with van der Waals surface area (Å²) in [6.07, 6.45) is 1.94. The second-order valence-corrected chi connectivity index (χ2v) is 5.35. The minimum atomic E-state index is 0.0714. The van der Waals surface area contributed by atoms with Gasteiger partial charge in [-0.15, -0.1) is 0 Å². The van der Waals surface area contributed by atoms with Gasteiger partial charge in [-0.1, -0.05) is 0 Å². The topological polar surface area (TPSA) is 74.8 Å². The van der Waals surface area contributed by atoms with Crippen LogP contribution in [0.3, 0.4) is 0 Å². The van der Waals surface area contributed by atoms with Crippen LogP contribution >= 0.6 is 28.6 Å². The number of hydrogen-bond donors (Lipinski definition) is 2. The van der Waals surface area contributed by atoms with Crippen molar-refractivity contribution in [1.29, 1.82) is 0 Å². The molecule has 1 N–H and O–H groups in total. The molecule has 94 valence electrons. The average molecular weight is 328 g/mol. The van der Waals surface area contributed by atoms with Gasteiger partial charge in [0.2, 0.25) is 5.91 Å². The molecule has 0 spiro atoms. The van der Waals surface area contributed by atoms with Crippen molar-refractivity contribution >= 4 is 51.3 Å². The maximum Gasteiger partial charge on any atom is 0.228 e. The quantitative estimate of drug-likeness (QED) is 0.817. The summed E-state index contributed by atoms with van der Waals surface area (Å²) < 4.78 is 0.690. The Kier molecular flexibility index (Phi) is 2.98. The standard InChI is InChI=1S/C10H10BrN5OS/c11-8-7-9(15-14-8)12-4-13-10(7)16-2-5(3-18)1-6(16)17/h4-5,18H,1-3H2,(H,12,13,14,15). The van der Waals surface area contributed by atoms with Crippen molar-refractivity contribution in [2.75, 3.05) is 17.2 Å². The highest BCUT2D eigenvalue weighted by Crippen LogP contribution is 2.32. The van der Waals surface area contributed by atoms with E-state index in [1.54, 1.807) is 4.90 Å². The smallest absolute Gasteiger partial charge is 0.228 e. The molecule has 1 saturated heterocycles. The summed E-state index contributed by atoms with van der Waals surface area (Å²) in [5.41, 5.74) is 0.550. The number of H-pyrrole nitrogens is 1. The number of aromatic amines is 1. The summed E-state index contributed by atoms with van der Waals surface area (Å²) in [7, 11) is 0. The molecule has 8 heteroatoms. The van der Waals surface area contributed by atoms with E-state index >= 15 is 0 Å². The van der Waals surface area contributed by atoms with Crippen LogP contribution in [-0.2, 0) is 4.79 Å². The molecule has 1 amide bonds. The predicted octanol–water partition coefficient (Wildman–Crippen LogP) is 1.40. The van der Waals surface area contributed by atoms with Gasteiger partial charge in [0.1, 0.15) is 10.9 Å². The summed E-state index contributed by atoms with van der Waals surface area (Å²) in [4.78, 5) is 22.0. The summed E-state index contributed by atoms with van der Waals surface area (Å²) in [5, 5.41) is 7.57. The van der Waals surface area contributed by atoms with Crippen LogP contribution in [0.25, 0.3) is 11.0 Å². The van der Waals surface area contributed by atoms with Gasteiger partial charge in [0.25, 0.3) is 0 Å². The maximum absolute atomic E-state index is 12.0. The van der Waals surface area contributed by atoms with Crippen molar-refractivity contribution in [2.45, 2.75) is 6.42 Å². The van der Waals surface area contributed by atoms with E-state index in [1.807, 2.05) is 0 Å². The van der Waals surface area contributed by atoms with Crippen LogP contribution in [0.5, 0.6) is 0 Å². The highest BCUT2D eigenvalue weighted by atomic mass is 79.9. The van der Waals surface area contributed by atoms with E-state index in [2.05, 4.69) is 48.7 Å². The van der Waals surface area contributed by atoms with E-state index in [9.17, 15) is 4.79 Å². The fraction of sp³-hybridized carbons (Fsp3) is 0.400. The molecule has 1 aliphatic rings. The van der Waals surface area contributed by atoms with Crippen molar-refractivity contribution in [3.8, 4) is 0 Å². The van der Waals surface area contributed by atoms with Gasteiger partial charge < -0.3 is 0 Å². The Morgan fingerprint density at radius 3 is 3.11 bits per heavy atom. The number of carbonyl (C=O) groups is 1. The number of nitrogens with one attached hydrogen (secondary N) is 1. The second-order valence-electron chi connectivity index (χ2n) is 4.19. The number of hydrogen-bond acceptors (Lipinski definition) is 5. The van der Waals surface area contributed by atoms with Crippen molar-refractivity contribution in [2.24, 2.45) is 5.92 Å². The third-order valence-electron chi connectivity index (χ3n) is 3.01. The molecule has 1 unspecified atom stereocenters. The van der Waals surface area contributed by atoms with Crippen molar-refractivity contribution in [3.05, 3.63) is 10.9 Å². The number of fused-ring (bicyclic) bond motifs is 1. The number of thiol groups is 1. The summed E-state index contributed by atoms with van der Waals surface area (Å²) in [5.74, 6) is 1.65. The summed E-state index contributed by atoms with van der Waals surface area (Å²) in [6.45, 7) is 0.645. The van der Waals surface area contributed by atoms with Gasteiger partial charge in [-0.3, -0.25) is 14.8 Å². The van der Waals surface area contributed by atoms with E-state index < -0.39 is 0 Å². The molecular weight excluding hydrogens is 318 g/mol. The number of aromatic nitrogens is 4. The molecule has 0 saturated carbocycles. The molecule has 6 nitrogen and oxygen atoms in total.